The average Bonchev–Trinajstić information content (AvgIpc) is 3.28. The zero-order valence-corrected chi connectivity index (χ0v) is 13.9. The lowest BCUT2D eigenvalue weighted by atomic mass is 10.1. The molecule has 0 saturated heterocycles. The van der Waals surface area contributed by atoms with Gasteiger partial charge in [-0.2, -0.15) is 0 Å². The predicted molar refractivity (Wildman–Crippen MR) is 94.7 cm³/mol. The van der Waals surface area contributed by atoms with Crippen LogP contribution in [0.25, 0.3) is 11.3 Å². The Labute approximate surface area is 145 Å². The summed E-state index contributed by atoms with van der Waals surface area (Å²) in [4.78, 5) is 14.5. The van der Waals surface area contributed by atoms with Crippen LogP contribution in [0.4, 0.5) is 5.69 Å². The van der Waals surface area contributed by atoms with E-state index >= 15 is 0 Å². The van der Waals surface area contributed by atoms with E-state index in [0.29, 0.717) is 11.5 Å². The van der Waals surface area contributed by atoms with Crippen molar-refractivity contribution in [3.8, 4) is 17.1 Å². The van der Waals surface area contributed by atoms with E-state index in [1.165, 1.54) is 5.56 Å². The molecular weight excluding hydrogens is 316 g/mol. The van der Waals surface area contributed by atoms with Gasteiger partial charge in [-0.25, -0.2) is 0 Å². The number of nitrogens with zero attached hydrogens (tertiary/aromatic N) is 2. The second-order valence-electron chi connectivity index (χ2n) is 6.01. The minimum absolute atomic E-state index is 0.0412. The number of carbonyl (C=O) groups is 1. The van der Waals surface area contributed by atoms with E-state index in [2.05, 4.69) is 11.2 Å². The van der Waals surface area contributed by atoms with Gasteiger partial charge in [-0.1, -0.05) is 23.4 Å². The van der Waals surface area contributed by atoms with Gasteiger partial charge in [0.2, 0.25) is 5.91 Å². The van der Waals surface area contributed by atoms with Gasteiger partial charge in [-0.05, 0) is 42.3 Å². The highest BCUT2D eigenvalue weighted by Crippen LogP contribution is 2.28. The first-order valence-electron chi connectivity index (χ1n) is 8.23. The third kappa shape index (κ3) is 3.01. The zero-order valence-electron chi connectivity index (χ0n) is 13.9. The van der Waals surface area contributed by atoms with Gasteiger partial charge in [0, 0.05) is 23.9 Å². The standard InChI is InChI=1S/C20H18N2O3/c1-24-17-8-6-15(7-9-17)19-12-16(21-25-19)13-20(23)22-11-10-14-4-2-3-5-18(14)22/h2-9,12H,10-11,13H2,1H3. The molecule has 0 fully saturated rings. The summed E-state index contributed by atoms with van der Waals surface area (Å²) in [6.45, 7) is 0.724. The lowest BCUT2D eigenvalue weighted by Crippen LogP contribution is -2.30. The van der Waals surface area contributed by atoms with E-state index in [1.807, 2.05) is 53.4 Å². The number of fused-ring (bicyclic) bond motifs is 1. The van der Waals surface area contributed by atoms with Crippen molar-refractivity contribution in [2.75, 3.05) is 18.6 Å². The van der Waals surface area contributed by atoms with Crippen molar-refractivity contribution in [2.45, 2.75) is 12.8 Å². The van der Waals surface area contributed by atoms with Crippen molar-refractivity contribution in [1.29, 1.82) is 0 Å². The Kier molecular flexibility index (Phi) is 3.98. The summed E-state index contributed by atoms with van der Waals surface area (Å²) in [5.74, 6) is 1.47. The molecule has 5 nitrogen and oxygen atoms in total. The molecular formula is C20H18N2O3. The van der Waals surface area contributed by atoms with Gasteiger partial charge < -0.3 is 14.2 Å². The molecule has 4 rings (SSSR count). The second-order valence-corrected chi connectivity index (χ2v) is 6.01. The maximum atomic E-state index is 12.6. The van der Waals surface area contributed by atoms with Crippen molar-refractivity contribution in [3.05, 3.63) is 65.9 Å². The molecule has 25 heavy (non-hydrogen) atoms. The lowest BCUT2D eigenvalue weighted by molar-refractivity contribution is -0.118. The van der Waals surface area contributed by atoms with Crippen LogP contribution < -0.4 is 9.64 Å². The van der Waals surface area contributed by atoms with Crippen LogP contribution in [0.3, 0.4) is 0 Å². The fourth-order valence-corrected chi connectivity index (χ4v) is 3.13. The van der Waals surface area contributed by atoms with Crippen LogP contribution in [0.2, 0.25) is 0 Å². The first kappa shape index (κ1) is 15.4. The smallest absolute Gasteiger partial charge is 0.233 e. The Hall–Kier alpha value is -3.08. The van der Waals surface area contributed by atoms with Crippen LogP contribution in [-0.2, 0) is 17.6 Å². The van der Waals surface area contributed by atoms with Crippen molar-refractivity contribution in [1.82, 2.24) is 5.16 Å². The number of methoxy groups -OCH3 is 1. The summed E-state index contributed by atoms with van der Waals surface area (Å²) >= 11 is 0. The van der Waals surface area contributed by atoms with Crippen molar-refractivity contribution >= 4 is 11.6 Å². The number of benzene rings is 2. The van der Waals surface area contributed by atoms with Crippen LogP contribution in [0.5, 0.6) is 5.75 Å². The van der Waals surface area contributed by atoms with Gasteiger partial charge >= 0.3 is 0 Å². The number of ether oxygens (including phenoxy) is 1. The van der Waals surface area contributed by atoms with Crippen molar-refractivity contribution in [3.63, 3.8) is 0 Å². The molecule has 1 aliphatic rings. The van der Waals surface area contributed by atoms with Gasteiger partial charge in [0.15, 0.2) is 5.76 Å². The van der Waals surface area contributed by atoms with E-state index in [1.54, 1.807) is 7.11 Å². The highest BCUT2D eigenvalue weighted by atomic mass is 16.5. The number of amides is 1. The van der Waals surface area contributed by atoms with Gasteiger partial charge in [-0.15, -0.1) is 0 Å². The number of aromatic nitrogens is 1. The summed E-state index contributed by atoms with van der Waals surface area (Å²) in [7, 11) is 1.63. The fourth-order valence-electron chi connectivity index (χ4n) is 3.13. The van der Waals surface area contributed by atoms with E-state index in [4.69, 9.17) is 9.26 Å². The zero-order chi connectivity index (χ0) is 17.2. The minimum atomic E-state index is 0.0412. The topological polar surface area (TPSA) is 55.6 Å². The SMILES string of the molecule is COc1ccc(-c2cc(CC(=O)N3CCc4ccccc43)no2)cc1. The first-order valence-corrected chi connectivity index (χ1v) is 8.23. The molecule has 1 amide bonds. The van der Waals surface area contributed by atoms with Crippen molar-refractivity contribution < 1.29 is 14.1 Å². The number of para-hydroxylation sites is 1. The molecule has 2 aromatic carbocycles. The van der Waals surface area contributed by atoms with Gasteiger partial charge in [0.05, 0.1) is 19.2 Å². The summed E-state index contributed by atoms with van der Waals surface area (Å²) in [5, 5.41) is 4.05. The summed E-state index contributed by atoms with van der Waals surface area (Å²) in [6.07, 6.45) is 1.13. The number of hydrogen-bond donors (Lipinski definition) is 0. The Bertz CT molecular complexity index is 899. The summed E-state index contributed by atoms with van der Waals surface area (Å²) in [5.41, 5.74) is 3.76. The van der Waals surface area contributed by atoms with E-state index in [9.17, 15) is 4.79 Å². The third-order valence-corrected chi connectivity index (χ3v) is 4.45. The van der Waals surface area contributed by atoms with Gasteiger partial charge in [0.1, 0.15) is 5.75 Å². The molecule has 0 radical (unpaired) electrons. The average molecular weight is 334 g/mol. The Balaban J connectivity index is 1.48. The van der Waals surface area contributed by atoms with Crippen LogP contribution in [0.15, 0.2) is 59.1 Å². The first-order chi connectivity index (χ1) is 12.2. The molecule has 1 aliphatic heterocycles. The fraction of sp³-hybridized carbons (Fsp3) is 0.200. The van der Waals surface area contributed by atoms with Crippen molar-refractivity contribution in [2.24, 2.45) is 0 Å². The molecule has 0 bridgehead atoms. The maximum absolute atomic E-state index is 12.6. The number of anilines is 1. The molecule has 0 N–H and O–H groups in total. The number of hydrogen-bond acceptors (Lipinski definition) is 4. The molecule has 5 heteroatoms. The molecule has 1 aromatic heterocycles. The summed E-state index contributed by atoms with van der Waals surface area (Å²) in [6, 6.07) is 17.4. The molecule has 0 saturated carbocycles. The minimum Gasteiger partial charge on any atom is -0.497 e. The third-order valence-electron chi connectivity index (χ3n) is 4.45. The van der Waals surface area contributed by atoms with Gasteiger partial charge in [-0.3, -0.25) is 4.79 Å². The highest BCUT2D eigenvalue weighted by Gasteiger charge is 2.25. The van der Waals surface area contributed by atoms with Crippen LogP contribution in [-0.4, -0.2) is 24.7 Å². The highest BCUT2D eigenvalue weighted by molar-refractivity contribution is 5.96. The monoisotopic (exact) mass is 334 g/mol. The maximum Gasteiger partial charge on any atom is 0.233 e. The number of rotatable bonds is 4. The summed E-state index contributed by atoms with van der Waals surface area (Å²) < 4.78 is 10.5. The number of carbonyl (C=O) groups excluding carboxylic acids is 1. The molecule has 0 spiro atoms. The Morgan fingerprint density at radius 3 is 2.80 bits per heavy atom. The Morgan fingerprint density at radius 1 is 1.20 bits per heavy atom. The molecule has 3 aromatic rings. The molecule has 126 valence electrons. The van der Waals surface area contributed by atoms with Crippen LogP contribution in [0.1, 0.15) is 11.3 Å². The molecule has 0 unspecified atom stereocenters. The van der Waals surface area contributed by atoms with Crippen LogP contribution >= 0.6 is 0 Å². The molecule has 0 atom stereocenters. The predicted octanol–water partition coefficient (Wildman–Crippen LogP) is 3.48. The molecule has 0 aliphatic carbocycles. The van der Waals surface area contributed by atoms with Gasteiger partial charge in [0.25, 0.3) is 0 Å². The van der Waals surface area contributed by atoms with E-state index in [-0.39, 0.29) is 12.3 Å². The quantitative estimate of drug-likeness (QED) is 0.733. The normalized spacial score (nSPS) is 12.9. The van der Waals surface area contributed by atoms with E-state index in [0.717, 1.165) is 30.0 Å². The Morgan fingerprint density at radius 2 is 2.00 bits per heavy atom. The van der Waals surface area contributed by atoms with Crippen LogP contribution in [0, 0.1) is 0 Å². The second kappa shape index (κ2) is 6.43. The largest absolute Gasteiger partial charge is 0.497 e. The van der Waals surface area contributed by atoms with E-state index < -0.39 is 0 Å². The lowest BCUT2D eigenvalue weighted by Gasteiger charge is -2.16. The molecule has 2 heterocycles.